The maximum Gasteiger partial charge on any atom is 0.234 e. The minimum absolute atomic E-state index is 0.123. The van der Waals surface area contributed by atoms with Crippen molar-refractivity contribution in [3.05, 3.63) is 53.0 Å². The molecule has 154 valence electrons. The Morgan fingerprint density at radius 2 is 2.00 bits per heavy atom. The molecular formula is C21H19BrN4O3S. The second kappa shape index (κ2) is 8.93. The van der Waals surface area contributed by atoms with Crippen molar-refractivity contribution < 1.29 is 13.9 Å². The SMILES string of the molecule is CCOc1ccc(NC(=O)CSc2nnc(-c3cc4cc(Br)ccc4o3)n2C)cc1. The lowest BCUT2D eigenvalue weighted by Gasteiger charge is -2.07. The van der Waals surface area contributed by atoms with Gasteiger partial charge >= 0.3 is 0 Å². The van der Waals surface area contributed by atoms with Crippen molar-refractivity contribution >= 4 is 50.3 Å². The van der Waals surface area contributed by atoms with Gasteiger partial charge in [0, 0.05) is 22.6 Å². The Bertz CT molecular complexity index is 1190. The first kappa shape index (κ1) is 20.5. The molecule has 4 aromatic rings. The van der Waals surface area contributed by atoms with E-state index in [0.29, 0.717) is 23.3 Å². The molecule has 2 aromatic carbocycles. The van der Waals surface area contributed by atoms with Crippen LogP contribution in [0.4, 0.5) is 5.69 Å². The Balaban J connectivity index is 1.40. The molecule has 2 aromatic heterocycles. The minimum atomic E-state index is -0.123. The number of furan rings is 1. The zero-order valence-electron chi connectivity index (χ0n) is 16.4. The number of nitrogens with one attached hydrogen (secondary N) is 1. The summed E-state index contributed by atoms with van der Waals surface area (Å²) in [6, 6.07) is 15.0. The molecule has 0 saturated heterocycles. The predicted octanol–water partition coefficient (Wildman–Crippen LogP) is 5.12. The third-order valence-electron chi connectivity index (χ3n) is 4.32. The highest BCUT2D eigenvalue weighted by molar-refractivity contribution is 9.10. The maximum atomic E-state index is 12.3. The number of carbonyl (C=O) groups is 1. The number of halogens is 1. The van der Waals surface area contributed by atoms with Crippen LogP contribution in [0.15, 0.2) is 62.6 Å². The molecule has 0 atom stereocenters. The Hall–Kier alpha value is -2.78. The van der Waals surface area contributed by atoms with Gasteiger partial charge in [0.1, 0.15) is 11.3 Å². The number of thioether (sulfide) groups is 1. The zero-order valence-corrected chi connectivity index (χ0v) is 18.8. The van der Waals surface area contributed by atoms with E-state index in [1.165, 1.54) is 11.8 Å². The van der Waals surface area contributed by atoms with Gasteiger partial charge in [-0.05, 0) is 55.5 Å². The van der Waals surface area contributed by atoms with Gasteiger partial charge in [0.05, 0.1) is 12.4 Å². The van der Waals surface area contributed by atoms with Crippen LogP contribution in [0, 0.1) is 0 Å². The molecule has 0 aliphatic carbocycles. The van der Waals surface area contributed by atoms with Crippen molar-refractivity contribution in [1.82, 2.24) is 14.8 Å². The standard InChI is InChI=1S/C21H19BrN4O3S/c1-3-28-16-7-5-15(6-8-16)23-19(27)12-30-21-25-24-20(26(21)2)18-11-13-10-14(22)4-9-17(13)29-18/h4-11H,3,12H2,1-2H3,(H,23,27). The molecule has 0 spiro atoms. The number of ether oxygens (including phenoxy) is 1. The van der Waals surface area contributed by atoms with Crippen LogP contribution in [0.3, 0.4) is 0 Å². The number of aromatic nitrogens is 3. The topological polar surface area (TPSA) is 82.2 Å². The lowest BCUT2D eigenvalue weighted by molar-refractivity contribution is -0.113. The molecule has 0 aliphatic heterocycles. The van der Waals surface area contributed by atoms with Gasteiger partial charge in [-0.1, -0.05) is 27.7 Å². The lowest BCUT2D eigenvalue weighted by Crippen LogP contribution is -2.14. The Kier molecular flexibility index (Phi) is 6.10. The molecule has 7 nitrogen and oxygen atoms in total. The van der Waals surface area contributed by atoms with E-state index in [9.17, 15) is 4.79 Å². The molecule has 9 heteroatoms. The Labute approximate surface area is 185 Å². The number of hydrogen-bond acceptors (Lipinski definition) is 6. The molecule has 30 heavy (non-hydrogen) atoms. The van der Waals surface area contributed by atoms with Crippen LogP contribution in [-0.4, -0.2) is 33.0 Å². The maximum absolute atomic E-state index is 12.3. The van der Waals surface area contributed by atoms with E-state index in [-0.39, 0.29) is 11.7 Å². The van der Waals surface area contributed by atoms with Gasteiger partial charge in [-0.25, -0.2) is 0 Å². The zero-order chi connectivity index (χ0) is 21.1. The first-order chi connectivity index (χ1) is 14.5. The smallest absolute Gasteiger partial charge is 0.234 e. The van der Waals surface area contributed by atoms with Gasteiger partial charge in [0.25, 0.3) is 0 Å². The van der Waals surface area contributed by atoms with Crippen LogP contribution in [0.5, 0.6) is 5.75 Å². The monoisotopic (exact) mass is 486 g/mol. The van der Waals surface area contributed by atoms with Crippen molar-refractivity contribution in [3.63, 3.8) is 0 Å². The third kappa shape index (κ3) is 4.52. The number of fused-ring (bicyclic) bond motifs is 1. The lowest BCUT2D eigenvalue weighted by atomic mass is 10.2. The number of benzene rings is 2. The number of carbonyl (C=O) groups excluding carboxylic acids is 1. The van der Waals surface area contributed by atoms with Crippen LogP contribution < -0.4 is 10.1 Å². The van der Waals surface area contributed by atoms with Crippen LogP contribution >= 0.6 is 27.7 Å². The van der Waals surface area contributed by atoms with Crippen molar-refractivity contribution in [2.45, 2.75) is 12.1 Å². The molecule has 0 radical (unpaired) electrons. The second-order valence-corrected chi connectivity index (χ2v) is 8.31. The van der Waals surface area contributed by atoms with Crippen LogP contribution in [-0.2, 0) is 11.8 Å². The molecule has 0 saturated carbocycles. The van der Waals surface area contributed by atoms with Crippen LogP contribution in [0.2, 0.25) is 0 Å². The largest absolute Gasteiger partial charge is 0.494 e. The number of anilines is 1. The summed E-state index contributed by atoms with van der Waals surface area (Å²) in [5.74, 6) is 2.10. The van der Waals surface area contributed by atoms with Crippen molar-refractivity contribution in [2.75, 3.05) is 17.7 Å². The molecule has 1 N–H and O–H groups in total. The summed E-state index contributed by atoms with van der Waals surface area (Å²) >= 11 is 4.78. The van der Waals surface area contributed by atoms with Gasteiger partial charge in [-0.3, -0.25) is 4.79 Å². The average Bonchev–Trinajstić information content (AvgIpc) is 3.30. The van der Waals surface area contributed by atoms with E-state index in [0.717, 1.165) is 26.9 Å². The van der Waals surface area contributed by atoms with Crippen LogP contribution in [0.25, 0.3) is 22.6 Å². The van der Waals surface area contributed by atoms with E-state index in [1.54, 1.807) is 0 Å². The van der Waals surface area contributed by atoms with Gasteiger partial charge < -0.3 is 19.0 Å². The van der Waals surface area contributed by atoms with E-state index >= 15 is 0 Å². The predicted molar refractivity (Wildman–Crippen MR) is 121 cm³/mol. The van der Waals surface area contributed by atoms with Gasteiger partial charge in [-0.15, -0.1) is 10.2 Å². The number of amides is 1. The number of nitrogens with zero attached hydrogens (tertiary/aromatic N) is 3. The number of hydrogen-bond donors (Lipinski definition) is 1. The fourth-order valence-corrected chi connectivity index (χ4v) is 4.00. The molecule has 0 fully saturated rings. The fourth-order valence-electron chi connectivity index (χ4n) is 2.91. The number of rotatable bonds is 7. The molecular weight excluding hydrogens is 468 g/mol. The second-order valence-electron chi connectivity index (χ2n) is 6.45. The highest BCUT2D eigenvalue weighted by Crippen LogP contribution is 2.30. The summed E-state index contributed by atoms with van der Waals surface area (Å²) in [6.45, 7) is 2.53. The van der Waals surface area contributed by atoms with Crippen LogP contribution in [0.1, 0.15) is 6.92 Å². The van der Waals surface area contributed by atoms with E-state index in [4.69, 9.17) is 9.15 Å². The Morgan fingerprint density at radius 1 is 1.20 bits per heavy atom. The summed E-state index contributed by atoms with van der Waals surface area (Å²) in [5.41, 5.74) is 1.50. The fraction of sp³-hybridized carbons (Fsp3) is 0.190. The first-order valence-electron chi connectivity index (χ1n) is 9.28. The molecule has 2 heterocycles. The van der Waals surface area contributed by atoms with Crippen molar-refractivity contribution in [3.8, 4) is 17.3 Å². The summed E-state index contributed by atoms with van der Waals surface area (Å²) in [6.07, 6.45) is 0. The minimum Gasteiger partial charge on any atom is -0.494 e. The quantitative estimate of drug-likeness (QED) is 0.365. The van der Waals surface area contributed by atoms with Gasteiger partial charge in [-0.2, -0.15) is 0 Å². The summed E-state index contributed by atoms with van der Waals surface area (Å²) in [5, 5.41) is 12.9. The average molecular weight is 487 g/mol. The van der Waals surface area contributed by atoms with Gasteiger partial charge in [0.15, 0.2) is 16.7 Å². The van der Waals surface area contributed by atoms with Gasteiger partial charge in [0.2, 0.25) is 5.91 Å². The molecule has 0 bridgehead atoms. The molecule has 4 rings (SSSR count). The third-order valence-corrected chi connectivity index (χ3v) is 5.83. The highest BCUT2D eigenvalue weighted by Gasteiger charge is 2.16. The first-order valence-corrected chi connectivity index (χ1v) is 11.1. The Morgan fingerprint density at radius 3 is 2.77 bits per heavy atom. The van der Waals surface area contributed by atoms with E-state index < -0.39 is 0 Å². The normalized spacial score (nSPS) is 11.0. The molecule has 0 aliphatic rings. The van der Waals surface area contributed by atoms with E-state index in [2.05, 4.69) is 31.4 Å². The highest BCUT2D eigenvalue weighted by atomic mass is 79.9. The molecule has 1 amide bonds. The van der Waals surface area contributed by atoms with Crippen molar-refractivity contribution in [1.29, 1.82) is 0 Å². The molecule has 0 unspecified atom stereocenters. The summed E-state index contributed by atoms with van der Waals surface area (Å²) in [7, 11) is 1.85. The van der Waals surface area contributed by atoms with Crippen molar-refractivity contribution in [2.24, 2.45) is 7.05 Å². The summed E-state index contributed by atoms with van der Waals surface area (Å²) < 4.78 is 14.1. The van der Waals surface area contributed by atoms with E-state index in [1.807, 2.05) is 67.1 Å². The summed E-state index contributed by atoms with van der Waals surface area (Å²) in [4.78, 5) is 12.3.